The minimum absolute atomic E-state index is 0.0805. The first-order valence-corrected chi connectivity index (χ1v) is 8.15. The van der Waals surface area contributed by atoms with E-state index in [1.54, 1.807) is 0 Å². The monoisotopic (exact) mass is 363 g/mol. The third-order valence-electron chi connectivity index (χ3n) is 2.20. The average Bonchev–Trinajstić information content (AvgIpc) is 2.37. The molecule has 0 spiro atoms. The number of halogens is 3. The molecule has 0 aliphatic carbocycles. The van der Waals surface area contributed by atoms with Gasteiger partial charge in [0, 0.05) is 4.57 Å². The van der Waals surface area contributed by atoms with Crippen LogP contribution in [0.2, 0.25) is 0 Å². The fourth-order valence-corrected chi connectivity index (χ4v) is 2.79. The van der Waals surface area contributed by atoms with Crippen LogP contribution in [0.15, 0.2) is 23.1 Å². The Morgan fingerprint density at radius 3 is 2.45 bits per heavy atom. The summed E-state index contributed by atoms with van der Waals surface area (Å²) < 4.78 is 86.0. The Morgan fingerprint density at radius 1 is 1.32 bits per heavy atom. The van der Waals surface area contributed by atoms with Gasteiger partial charge in [0.2, 0.25) is 6.79 Å². The Labute approximate surface area is 124 Å². The summed E-state index contributed by atoms with van der Waals surface area (Å²) >= 11 is 0. The third-order valence-corrected chi connectivity index (χ3v) is 3.85. The summed E-state index contributed by atoms with van der Waals surface area (Å²) in [6.07, 6.45) is -4.97. The highest BCUT2D eigenvalue weighted by Gasteiger charge is 2.40. The van der Waals surface area contributed by atoms with Crippen LogP contribution in [0.1, 0.15) is 12.5 Å². The number of hydrogen-bond acceptors (Lipinski definition) is 6. The molecule has 124 valence electrons. The molecule has 12 heteroatoms. The second kappa shape index (κ2) is 7.34. The van der Waals surface area contributed by atoms with Crippen molar-refractivity contribution < 1.29 is 44.5 Å². The van der Waals surface area contributed by atoms with E-state index in [0.717, 1.165) is 12.1 Å². The van der Waals surface area contributed by atoms with Crippen LogP contribution >= 0.6 is 8.25 Å². The van der Waals surface area contributed by atoms with E-state index in [1.807, 2.05) is 0 Å². The molecule has 1 aromatic rings. The molecule has 1 rings (SSSR count). The van der Waals surface area contributed by atoms with Crippen LogP contribution in [0.3, 0.4) is 0 Å². The first kappa shape index (κ1) is 18.8. The van der Waals surface area contributed by atoms with Gasteiger partial charge >= 0.3 is 24.5 Å². The normalized spacial score (nSPS) is 13.0. The summed E-state index contributed by atoms with van der Waals surface area (Å²) in [6.45, 7) is 0.158. The van der Waals surface area contributed by atoms with Crippen molar-refractivity contribution in [3.05, 3.63) is 23.8 Å². The Bertz CT molecular complexity index is 644. The van der Waals surface area contributed by atoms with Crippen molar-refractivity contribution in [1.29, 1.82) is 0 Å². The maximum atomic E-state index is 13.0. The molecular weight excluding hydrogens is 352 g/mol. The van der Waals surface area contributed by atoms with Crippen LogP contribution in [0.5, 0.6) is 5.75 Å². The topological polar surface area (TPSA) is 99.1 Å². The smallest absolute Gasteiger partial charge is 0.492 e. The van der Waals surface area contributed by atoms with Crippen LogP contribution in [-0.2, 0) is 29.6 Å². The zero-order valence-corrected chi connectivity index (χ0v) is 12.7. The molecule has 0 saturated heterocycles. The van der Waals surface area contributed by atoms with Gasteiger partial charge in [-0.05, 0) is 19.1 Å². The average molecular weight is 363 g/mol. The number of ether oxygens (including phenoxy) is 1. The van der Waals surface area contributed by atoms with Gasteiger partial charge in [0.1, 0.15) is 10.6 Å². The summed E-state index contributed by atoms with van der Waals surface area (Å²) in [5, 5.41) is 0. The number of benzene rings is 1. The summed E-state index contributed by atoms with van der Waals surface area (Å²) in [4.78, 5) is 7.13. The molecule has 1 aromatic carbocycles. The van der Waals surface area contributed by atoms with Gasteiger partial charge in [-0.3, -0.25) is 0 Å². The lowest BCUT2D eigenvalue weighted by molar-refractivity contribution is -0.140. The molecule has 1 unspecified atom stereocenters. The lowest BCUT2D eigenvalue weighted by Crippen LogP contribution is -2.17. The first-order chi connectivity index (χ1) is 10.1. The van der Waals surface area contributed by atoms with Gasteiger partial charge in [-0.2, -0.15) is 21.6 Å². The van der Waals surface area contributed by atoms with E-state index in [4.69, 9.17) is 9.63 Å². The molecule has 7 nitrogen and oxygen atoms in total. The van der Waals surface area contributed by atoms with Crippen LogP contribution in [0.25, 0.3) is 0 Å². The van der Waals surface area contributed by atoms with E-state index in [1.165, 1.54) is 6.92 Å². The highest BCUT2D eigenvalue weighted by molar-refractivity contribution is 7.87. The van der Waals surface area contributed by atoms with Gasteiger partial charge in [0.25, 0.3) is 0 Å². The largest absolute Gasteiger partial charge is 0.697 e. The van der Waals surface area contributed by atoms with Crippen LogP contribution < -0.4 is 4.74 Å². The van der Waals surface area contributed by atoms with Gasteiger partial charge < -0.3 is 4.74 Å². The maximum absolute atomic E-state index is 13.0. The van der Waals surface area contributed by atoms with Gasteiger partial charge in [-0.1, -0.05) is 10.6 Å². The molecule has 1 N–H and O–H groups in total. The lowest BCUT2D eigenvalue weighted by atomic mass is 10.2. The Morgan fingerprint density at radius 2 is 1.95 bits per heavy atom. The van der Waals surface area contributed by atoms with Crippen LogP contribution in [0.4, 0.5) is 13.2 Å². The summed E-state index contributed by atoms with van der Waals surface area (Å²) in [5.74, 6) is -0.550. The van der Waals surface area contributed by atoms with E-state index in [0.29, 0.717) is 6.07 Å². The second-order valence-corrected chi connectivity index (χ2v) is 5.91. The van der Waals surface area contributed by atoms with Gasteiger partial charge in [0.05, 0.1) is 12.2 Å². The van der Waals surface area contributed by atoms with E-state index >= 15 is 0 Å². The minimum Gasteiger partial charge on any atom is -0.492 e. The minimum atomic E-state index is -4.97. The third kappa shape index (κ3) is 4.89. The first-order valence-electron chi connectivity index (χ1n) is 5.61. The predicted octanol–water partition coefficient (Wildman–Crippen LogP) is 2.43. The fourth-order valence-electron chi connectivity index (χ4n) is 1.45. The summed E-state index contributed by atoms with van der Waals surface area (Å²) in [7, 11) is -8.09. The van der Waals surface area contributed by atoms with Crippen molar-refractivity contribution in [3.63, 3.8) is 0 Å². The second-order valence-electron chi connectivity index (χ2n) is 3.62. The molecule has 0 aliphatic rings. The van der Waals surface area contributed by atoms with Crippen molar-refractivity contribution in [2.45, 2.75) is 18.0 Å². The number of hydrogen-bond donors (Lipinski definition) is 1. The zero-order chi connectivity index (χ0) is 17.0. The van der Waals surface area contributed by atoms with Crippen LogP contribution in [0, 0.1) is 0 Å². The highest BCUT2D eigenvalue weighted by atomic mass is 32.2. The fraction of sp³-hybridized carbons (Fsp3) is 0.400. The summed E-state index contributed by atoms with van der Waals surface area (Å²) in [5.41, 5.74) is -1.48. The van der Waals surface area contributed by atoms with Gasteiger partial charge in [0.15, 0.2) is 0 Å². The van der Waals surface area contributed by atoms with Crippen molar-refractivity contribution >= 4 is 18.4 Å². The molecule has 0 amide bonds. The van der Waals surface area contributed by atoms with E-state index in [-0.39, 0.29) is 6.61 Å². The SMILES string of the molecule is CCOc1cccc(C(F)(F)F)c1S(=O)(=O)OCO[P+](=O)O. The Balaban J connectivity index is 3.32. The molecule has 0 aliphatic heterocycles. The number of rotatable bonds is 7. The van der Waals surface area contributed by atoms with Gasteiger partial charge in [-0.25, -0.2) is 4.18 Å². The highest BCUT2D eigenvalue weighted by Crippen LogP contribution is 2.39. The van der Waals surface area contributed by atoms with E-state index < -0.39 is 47.6 Å². The van der Waals surface area contributed by atoms with Gasteiger partial charge in [-0.15, -0.1) is 4.89 Å². The molecule has 0 saturated carbocycles. The Kier molecular flexibility index (Phi) is 6.27. The predicted molar refractivity (Wildman–Crippen MR) is 66.7 cm³/mol. The zero-order valence-electron chi connectivity index (χ0n) is 11.0. The van der Waals surface area contributed by atoms with Crippen molar-refractivity contribution in [3.8, 4) is 5.75 Å². The van der Waals surface area contributed by atoms with Crippen molar-refractivity contribution in [2.75, 3.05) is 13.4 Å². The lowest BCUT2D eigenvalue weighted by Gasteiger charge is -2.16. The van der Waals surface area contributed by atoms with Crippen molar-refractivity contribution in [2.24, 2.45) is 0 Å². The molecule has 0 bridgehead atoms. The molecule has 1 atom stereocenters. The molecule has 22 heavy (non-hydrogen) atoms. The molecule has 0 aromatic heterocycles. The van der Waals surface area contributed by atoms with Crippen molar-refractivity contribution in [1.82, 2.24) is 0 Å². The molecule has 0 heterocycles. The molecule has 0 radical (unpaired) electrons. The Hall–Kier alpha value is -1.26. The van der Waals surface area contributed by atoms with Crippen LogP contribution in [-0.4, -0.2) is 26.7 Å². The standard InChI is InChI=1S/C10H10F3O7PS/c1-2-18-8-5-3-4-7(10(11,12)13)9(8)22(16,17)20-6-19-21(14)15/h3-5H,2,6H2,1H3/p+1. The number of alkyl halides is 3. The quantitative estimate of drug-likeness (QED) is 0.451. The molecule has 0 fully saturated rings. The maximum Gasteiger partial charge on any atom is 0.697 e. The summed E-state index contributed by atoms with van der Waals surface area (Å²) in [6, 6.07) is 2.56. The molecular formula is C10H11F3O7PS+. The van der Waals surface area contributed by atoms with E-state index in [9.17, 15) is 26.2 Å². The van der Waals surface area contributed by atoms with E-state index in [2.05, 4.69) is 8.71 Å².